The lowest BCUT2D eigenvalue weighted by molar-refractivity contribution is -0.384. The van der Waals surface area contributed by atoms with Gasteiger partial charge in [0.25, 0.3) is 5.69 Å². The first-order valence-electron chi connectivity index (χ1n) is 6.80. The lowest BCUT2D eigenvalue weighted by atomic mass is 10.1. The average molecular weight is 305 g/mol. The molecular formula is C16H17ClN2O2. The zero-order chi connectivity index (χ0) is 15.2. The van der Waals surface area contributed by atoms with E-state index in [4.69, 9.17) is 11.6 Å². The van der Waals surface area contributed by atoms with Crippen molar-refractivity contribution in [2.45, 2.75) is 12.3 Å². The van der Waals surface area contributed by atoms with Crippen LogP contribution in [0.4, 0.5) is 11.4 Å². The SMILES string of the molecule is CCN(CC(Cl)c1cccc([N+](=O)[O-])c1)c1ccccc1. The number of alkyl halides is 1. The number of nitro benzene ring substituents is 1. The third-order valence-corrected chi connectivity index (χ3v) is 3.72. The van der Waals surface area contributed by atoms with Crippen molar-refractivity contribution in [1.82, 2.24) is 0 Å². The number of halogens is 1. The molecule has 0 radical (unpaired) electrons. The van der Waals surface area contributed by atoms with Crippen LogP contribution in [0.2, 0.25) is 0 Å². The highest BCUT2D eigenvalue weighted by atomic mass is 35.5. The number of rotatable bonds is 6. The summed E-state index contributed by atoms with van der Waals surface area (Å²) in [6, 6.07) is 16.5. The first-order valence-corrected chi connectivity index (χ1v) is 7.24. The standard InChI is InChI=1S/C16H17ClN2O2/c1-2-18(14-8-4-3-5-9-14)12-16(17)13-7-6-10-15(11-13)19(20)21/h3-11,16H,2,12H2,1H3. The molecule has 2 aromatic rings. The number of para-hydroxylation sites is 1. The van der Waals surface area contributed by atoms with Crippen molar-refractivity contribution in [3.63, 3.8) is 0 Å². The summed E-state index contributed by atoms with van der Waals surface area (Å²) in [5.41, 5.74) is 1.93. The topological polar surface area (TPSA) is 46.4 Å². The van der Waals surface area contributed by atoms with E-state index in [9.17, 15) is 10.1 Å². The molecule has 0 bridgehead atoms. The Bertz CT molecular complexity index is 604. The average Bonchev–Trinajstić information content (AvgIpc) is 2.53. The van der Waals surface area contributed by atoms with Gasteiger partial charge in [0.1, 0.15) is 0 Å². The van der Waals surface area contributed by atoms with E-state index in [0.717, 1.165) is 17.8 Å². The highest BCUT2D eigenvalue weighted by Crippen LogP contribution is 2.27. The van der Waals surface area contributed by atoms with Crippen LogP contribution in [0.25, 0.3) is 0 Å². The van der Waals surface area contributed by atoms with Gasteiger partial charge in [-0.15, -0.1) is 11.6 Å². The largest absolute Gasteiger partial charge is 0.370 e. The molecule has 0 aliphatic heterocycles. The van der Waals surface area contributed by atoms with Gasteiger partial charge < -0.3 is 4.90 Å². The summed E-state index contributed by atoms with van der Waals surface area (Å²) < 4.78 is 0. The smallest absolute Gasteiger partial charge is 0.269 e. The predicted molar refractivity (Wildman–Crippen MR) is 86.0 cm³/mol. The third kappa shape index (κ3) is 3.95. The van der Waals surface area contributed by atoms with E-state index in [1.54, 1.807) is 6.07 Å². The Labute approximate surface area is 129 Å². The summed E-state index contributed by atoms with van der Waals surface area (Å²) in [5.74, 6) is 0. The third-order valence-electron chi connectivity index (χ3n) is 3.33. The van der Waals surface area contributed by atoms with Crippen LogP contribution in [0.15, 0.2) is 54.6 Å². The first kappa shape index (κ1) is 15.3. The molecule has 0 saturated carbocycles. The summed E-state index contributed by atoms with van der Waals surface area (Å²) in [5, 5.41) is 10.5. The number of non-ortho nitro benzene ring substituents is 1. The van der Waals surface area contributed by atoms with Crippen LogP contribution in [0, 0.1) is 10.1 Å². The maximum Gasteiger partial charge on any atom is 0.269 e. The number of nitrogens with zero attached hydrogens (tertiary/aromatic N) is 2. The van der Waals surface area contributed by atoms with E-state index < -0.39 is 4.92 Å². The van der Waals surface area contributed by atoms with Crippen molar-refractivity contribution in [2.24, 2.45) is 0 Å². The number of nitro groups is 1. The zero-order valence-electron chi connectivity index (χ0n) is 11.8. The molecule has 110 valence electrons. The van der Waals surface area contributed by atoms with Gasteiger partial charge in [-0.2, -0.15) is 0 Å². The van der Waals surface area contributed by atoms with Gasteiger partial charge >= 0.3 is 0 Å². The van der Waals surface area contributed by atoms with Crippen LogP contribution in [-0.4, -0.2) is 18.0 Å². The van der Waals surface area contributed by atoms with E-state index in [0.29, 0.717) is 6.54 Å². The van der Waals surface area contributed by atoms with Gasteiger partial charge in [-0.3, -0.25) is 10.1 Å². The van der Waals surface area contributed by atoms with Gasteiger partial charge in [0, 0.05) is 30.9 Å². The maximum absolute atomic E-state index is 10.8. The fourth-order valence-corrected chi connectivity index (χ4v) is 2.49. The van der Waals surface area contributed by atoms with Crippen LogP contribution < -0.4 is 4.90 Å². The van der Waals surface area contributed by atoms with E-state index in [2.05, 4.69) is 11.8 Å². The summed E-state index contributed by atoms with van der Waals surface area (Å²) in [7, 11) is 0. The fourth-order valence-electron chi connectivity index (χ4n) is 2.19. The molecular weight excluding hydrogens is 288 g/mol. The molecule has 21 heavy (non-hydrogen) atoms. The highest BCUT2D eigenvalue weighted by Gasteiger charge is 2.16. The van der Waals surface area contributed by atoms with E-state index in [1.165, 1.54) is 12.1 Å². The summed E-state index contributed by atoms with van der Waals surface area (Å²) in [4.78, 5) is 12.6. The van der Waals surface area contributed by atoms with Crippen LogP contribution >= 0.6 is 11.6 Å². The molecule has 4 nitrogen and oxygen atoms in total. The number of hydrogen-bond acceptors (Lipinski definition) is 3. The molecule has 5 heteroatoms. The van der Waals surface area contributed by atoms with Crippen LogP contribution in [0.5, 0.6) is 0 Å². The van der Waals surface area contributed by atoms with Crippen LogP contribution in [-0.2, 0) is 0 Å². The van der Waals surface area contributed by atoms with Crippen molar-refractivity contribution in [3.8, 4) is 0 Å². The summed E-state index contributed by atoms with van der Waals surface area (Å²) in [6.07, 6.45) is 0. The number of benzene rings is 2. The summed E-state index contributed by atoms with van der Waals surface area (Å²) in [6.45, 7) is 3.48. The molecule has 1 unspecified atom stereocenters. The summed E-state index contributed by atoms with van der Waals surface area (Å²) >= 11 is 6.44. The molecule has 0 aliphatic rings. The van der Waals surface area contributed by atoms with E-state index >= 15 is 0 Å². The van der Waals surface area contributed by atoms with Gasteiger partial charge in [0.15, 0.2) is 0 Å². The Morgan fingerprint density at radius 3 is 2.52 bits per heavy atom. The van der Waals surface area contributed by atoms with Gasteiger partial charge in [0.05, 0.1) is 10.3 Å². The molecule has 0 spiro atoms. The maximum atomic E-state index is 10.8. The quantitative estimate of drug-likeness (QED) is 0.451. The highest BCUT2D eigenvalue weighted by molar-refractivity contribution is 6.21. The van der Waals surface area contributed by atoms with Crippen LogP contribution in [0.3, 0.4) is 0 Å². The van der Waals surface area contributed by atoms with Gasteiger partial charge in [-0.05, 0) is 24.6 Å². The van der Waals surface area contributed by atoms with Crippen LogP contribution in [0.1, 0.15) is 17.9 Å². The molecule has 2 aromatic carbocycles. The van der Waals surface area contributed by atoms with Crippen molar-refractivity contribution in [1.29, 1.82) is 0 Å². The normalized spacial score (nSPS) is 11.9. The second-order valence-electron chi connectivity index (χ2n) is 4.69. The van der Waals surface area contributed by atoms with Crippen molar-refractivity contribution in [2.75, 3.05) is 18.0 Å². The monoisotopic (exact) mass is 304 g/mol. The second-order valence-corrected chi connectivity index (χ2v) is 5.22. The number of anilines is 1. The van der Waals surface area contributed by atoms with Crippen molar-refractivity contribution < 1.29 is 4.92 Å². The second kappa shape index (κ2) is 7.09. The number of hydrogen-bond donors (Lipinski definition) is 0. The van der Waals surface area contributed by atoms with E-state index in [-0.39, 0.29) is 11.1 Å². The van der Waals surface area contributed by atoms with Crippen molar-refractivity contribution in [3.05, 3.63) is 70.3 Å². The van der Waals surface area contributed by atoms with Gasteiger partial charge in [-0.1, -0.05) is 30.3 Å². The molecule has 0 fully saturated rings. The Hall–Kier alpha value is -2.07. The van der Waals surface area contributed by atoms with Gasteiger partial charge in [0.2, 0.25) is 0 Å². The zero-order valence-corrected chi connectivity index (χ0v) is 12.5. The Balaban J connectivity index is 2.14. The first-order chi connectivity index (χ1) is 10.1. The van der Waals surface area contributed by atoms with Crippen molar-refractivity contribution >= 4 is 23.0 Å². The Morgan fingerprint density at radius 1 is 1.19 bits per heavy atom. The molecule has 1 atom stereocenters. The minimum atomic E-state index is -0.401. The molecule has 0 saturated heterocycles. The minimum Gasteiger partial charge on any atom is -0.370 e. The fraction of sp³-hybridized carbons (Fsp3) is 0.250. The van der Waals surface area contributed by atoms with Gasteiger partial charge in [-0.25, -0.2) is 0 Å². The Kier molecular flexibility index (Phi) is 5.17. The molecule has 0 aliphatic carbocycles. The molecule has 0 heterocycles. The minimum absolute atomic E-state index is 0.0703. The molecule has 2 rings (SSSR count). The Morgan fingerprint density at radius 2 is 1.90 bits per heavy atom. The predicted octanol–water partition coefficient (Wildman–Crippen LogP) is 4.40. The van der Waals surface area contributed by atoms with E-state index in [1.807, 2.05) is 36.4 Å². The lowest BCUT2D eigenvalue weighted by Gasteiger charge is -2.25. The molecule has 0 amide bonds. The molecule has 0 N–H and O–H groups in total. The molecule has 0 aromatic heterocycles. The number of likely N-dealkylation sites (N-methyl/N-ethyl adjacent to an activating group) is 1. The lowest BCUT2D eigenvalue weighted by Crippen LogP contribution is -2.26.